The number of rotatable bonds is 3. The molecule has 0 aliphatic rings. The number of hydrogen-bond donors (Lipinski definition) is 2. The fourth-order valence-corrected chi connectivity index (χ4v) is 1.50. The molecule has 1 aromatic carbocycles. The Hall–Kier alpha value is -1.95. The number of hydrogen-bond acceptors (Lipinski definition) is 4. The monoisotopic (exact) mass is 221 g/mol. The largest absolute Gasteiger partial charge is 0.357 e. The van der Waals surface area contributed by atoms with Crippen LogP contribution in [0.3, 0.4) is 0 Å². The Kier molecular flexibility index (Phi) is 2.82. The second-order valence-electron chi connectivity index (χ2n) is 3.18. The van der Waals surface area contributed by atoms with Crippen LogP contribution in [0, 0.1) is 5.82 Å². The molecule has 6 heteroatoms. The highest BCUT2D eigenvalue weighted by Gasteiger charge is 2.14. The van der Waals surface area contributed by atoms with E-state index in [0.717, 1.165) is 0 Å². The lowest BCUT2D eigenvalue weighted by Gasteiger charge is -2.09. The summed E-state index contributed by atoms with van der Waals surface area (Å²) < 4.78 is 15.2. The highest BCUT2D eigenvalue weighted by Crippen LogP contribution is 2.18. The van der Waals surface area contributed by atoms with Crippen LogP contribution in [0.25, 0.3) is 5.69 Å². The Morgan fingerprint density at radius 2 is 2.12 bits per heavy atom. The standard InChI is InChI=1S/C10H12FN5/c1-13-10-15-14-9(6-12)16(10)8-5-3-2-4-7(8)11/h2-5H,6,12H2,1H3,(H,13,15). The molecule has 0 aliphatic carbocycles. The Balaban J connectivity index is 2.62. The van der Waals surface area contributed by atoms with Crippen molar-refractivity contribution in [2.45, 2.75) is 6.54 Å². The first-order valence-corrected chi connectivity index (χ1v) is 4.85. The van der Waals surface area contributed by atoms with E-state index < -0.39 is 0 Å². The zero-order valence-electron chi connectivity index (χ0n) is 8.81. The van der Waals surface area contributed by atoms with E-state index in [1.165, 1.54) is 6.07 Å². The molecular weight excluding hydrogens is 209 g/mol. The topological polar surface area (TPSA) is 68.8 Å². The number of benzene rings is 1. The van der Waals surface area contributed by atoms with Crippen LogP contribution in [0.5, 0.6) is 0 Å². The van der Waals surface area contributed by atoms with E-state index in [4.69, 9.17) is 5.73 Å². The van der Waals surface area contributed by atoms with Crippen molar-refractivity contribution < 1.29 is 4.39 Å². The third-order valence-electron chi connectivity index (χ3n) is 2.23. The molecule has 3 N–H and O–H groups in total. The van der Waals surface area contributed by atoms with Crippen LogP contribution in [-0.2, 0) is 6.54 Å². The fraction of sp³-hybridized carbons (Fsp3) is 0.200. The number of halogens is 1. The van der Waals surface area contributed by atoms with Crippen molar-refractivity contribution in [2.75, 3.05) is 12.4 Å². The molecule has 0 saturated heterocycles. The molecule has 5 nitrogen and oxygen atoms in total. The first-order chi connectivity index (χ1) is 7.77. The van der Waals surface area contributed by atoms with Crippen LogP contribution in [-0.4, -0.2) is 21.8 Å². The minimum absolute atomic E-state index is 0.197. The smallest absolute Gasteiger partial charge is 0.229 e. The van der Waals surface area contributed by atoms with E-state index in [1.807, 2.05) is 0 Å². The minimum atomic E-state index is -0.339. The summed E-state index contributed by atoms with van der Waals surface area (Å²) >= 11 is 0. The molecular formula is C10H12FN5. The third-order valence-corrected chi connectivity index (χ3v) is 2.23. The summed E-state index contributed by atoms with van der Waals surface area (Å²) in [6.07, 6.45) is 0. The van der Waals surface area contributed by atoms with E-state index in [2.05, 4.69) is 15.5 Å². The van der Waals surface area contributed by atoms with Crippen LogP contribution < -0.4 is 11.1 Å². The van der Waals surface area contributed by atoms with Gasteiger partial charge in [-0.05, 0) is 12.1 Å². The van der Waals surface area contributed by atoms with Crippen molar-refractivity contribution in [1.82, 2.24) is 14.8 Å². The van der Waals surface area contributed by atoms with Crippen molar-refractivity contribution in [1.29, 1.82) is 0 Å². The number of aromatic nitrogens is 3. The van der Waals surface area contributed by atoms with Gasteiger partial charge < -0.3 is 11.1 Å². The van der Waals surface area contributed by atoms with E-state index in [-0.39, 0.29) is 12.4 Å². The molecule has 0 spiro atoms. The van der Waals surface area contributed by atoms with Gasteiger partial charge >= 0.3 is 0 Å². The fourth-order valence-electron chi connectivity index (χ4n) is 1.50. The van der Waals surface area contributed by atoms with Crippen LogP contribution in [0.4, 0.5) is 10.3 Å². The zero-order chi connectivity index (χ0) is 11.5. The quantitative estimate of drug-likeness (QED) is 0.808. The maximum atomic E-state index is 13.6. The van der Waals surface area contributed by atoms with Gasteiger partial charge in [0.25, 0.3) is 0 Å². The van der Waals surface area contributed by atoms with Crippen molar-refractivity contribution in [3.05, 3.63) is 35.9 Å². The zero-order valence-corrected chi connectivity index (χ0v) is 8.81. The van der Waals surface area contributed by atoms with Crippen LogP contribution in [0.15, 0.2) is 24.3 Å². The second-order valence-corrected chi connectivity index (χ2v) is 3.18. The van der Waals surface area contributed by atoms with Crippen molar-refractivity contribution >= 4 is 5.95 Å². The van der Waals surface area contributed by atoms with E-state index in [9.17, 15) is 4.39 Å². The Bertz CT molecular complexity index is 472. The Morgan fingerprint density at radius 3 is 2.75 bits per heavy atom. The molecule has 2 aromatic rings. The summed E-state index contributed by atoms with van der Waals surface area (Å²) in [6.45, 7) is 0.197. The molecule has 0 amide bonds. The normalized spacial score (nSPS) is 10.4. The van der Waals surface area contributed by atoms with Gasteiger partial charge in [-0.2, -0.15) is 0 Å². The maximum absolute atomic E-state index is 13.6. The highest BCUT2D eigenvalue weighted by atomic mass is 19.1. The lowest BCUT2D eigenvalue weighted by atomic mass is 10.3. The average Bonchev–Trinajstić information content (AvgIpc) is 2.72. The first kappa shape index (κ1) is 10.6. The lowest BCUT2D eigenvalue weighted by Crippen LogP contribution is -2.10. The van der Waals surface area contributed by atoms with Gasteiger partial charge in [-0.3, -0.25) is 4.57 Å². The van der Waals surface area contributed by atoms with Crippen LogP contribution in [0.2, 0.25) is 0 Å². The third kappa shape index (κ3) is 1.63. The molecule has 0 fully saturated rings. The van der Waals surface area contributed by atoms with Gasteiger partial charge in [0.05, 0.1) is 12.2 Å². The SMILES string of the molecule is CNc1nnc(CN)n1-c1ccccc1F. The summed E-state index contributed by atoms with van der Waals surface area (Å²) in [6, 6.07) is 6.41. The molecule has 0 bridgehead atoms. The molecule has 0 radical (unpaired) electrons. The number of anilines is 1. The van der Waals surface area contributed by atoms with Crippen LogP contribution in [0.1, 0.15) is 5.82 Å². The van der Waals surface area contributed by atoms with Crippen molar-refractivity contribution in [2.24, 2.45) is 5.73 Å². The van der Waals surface area contributed by atoms with Crippen molar-refractivity contribution in [3.8, 4) is 5.69 Å². The summed E-state index contributed by atoms with van der Waals surface area (Å²) in [4.78, 5) is 0. The Morgan fingerprint density at radius 1 is 1.38 bits per heavy atom. The number of nitrogens with zero attached hydrogens (tertiary/aromatic N) is 3. The minimum Gasteiger partial charge on any atom is -0.357 e. The molecule has 0 unspecified atom stereocenters. The highest BCUT2D eigenvalue weighted by molar-refractivity contribution is 5.43. The molecule has 0 atom stereocenters. The molecule has 2 rings (SSSR count). The van der Waals surface area contributed by atoms with Gasteiger partial charge in [0.15, 0.2) is 5.82 Å². The number of nitrogens with two attached hydrogens (primary N) is 1. The predicted octanol–water partition coefficient (Wildman–Crippen LogP) is 0.907. The van der Waals surface area contributed by atoms with Crippen molar-refractivity contribution in [3.63, 3.8) is 0 Å². The van der Waals surface area contributed by atoms with Gasteiger partial charge in [-0.1, -0.05) is 12.1 Å². The second kappa shape index (κ2) is 4.28. The Labute approximate surface area is 92.1 Å². The summed E-state index contributed by atoms with van der Waals surface area (Å²) in [5.41, 5.74) is 5.92. The predicted molar refractivity (Wildman–Crippen MR) is 58.8 cm³/mol. The summed E-state index contributed by atoms with van der Waals surface area (Å²) in [7, 11) is 1.70. The van der Waals surface area contributed by atoms with Gasteiger partial charge in [0.2, 0.25) is 5.95 Å². The van der Waals surface area contributed by atoms with Gasteiger partial charge in [0, 0.05) is 7.05 Å². The number of nitrogens with one attached hydrogen (secondary N) is 1. The first-order valence-electron chi connectivity index (χ1n) is 4.85. The molecule has 0 saturated carbocycles. The molecule has 0 aliphatic heterocycles. The van der Waals surface area contributed by atoms with Gasteiger partial charge in [-0.15, -0.1) is 10.2 Å². The summed E-state index contributed by atoms with van der Waals surface area (Å²) in [5, 5.41) is 10.6. The molecule has 16 heavy (non-hydrogen) atoms. The average molecular weight is 221 g/mol. The van der Waals surface area contributed by atoms with Gasteiger partial charge in [-0.25, -0.2) is 4.39 Å². The lowest BCUT2D eigenvalue weighted by molar-refractivity contribution is 0.615. The van der Waals surface area contributed by atoms with Crippen LogP contribution >= 0.6 is 0 Å². The maximum Gasteiger partial charge on any atom is 0.229 e. The number of para-hydroxylation sites is 1. The molecule has 1 aromatic heterocycles. The summed E-state index contributed by atoms with van der Waals surface area (Å²) in [5.74, 6) is 0.633. The van der Waals surface area contributed by atoms with E-state index in [1.54, 1.807) is 29.8 Å². The molecule has 1 heterocycles. The van der Waals surface area contributed by atoms with E-state index >= 15 is 0 Å². The molecule has 84 valence electrons. The van der Waals surface area contributed by atoms with E-state index in [0.29, 0.717) is 17.5 Å². The van der Waals surface area contributed by atoms with Gasteiger partial charge in [0.1, 0.15) is 5.82 Å².